The zero-order valence-electron chi connectivity index (χ0n) is 15.3. The molecule has 0 saturated heterocycles. The van der Waals surface area contributed by atoms with Gasteiger partial charge < -0.3 is 9.84 Å². The zero-order chi connectivity index (χ0) is 20.0. The molecule has 2 aromatic carbocycles. The lowest BCUT2D eigenvalue weighted by atomic mass is 10.0. The molecule has 0 aromatic heterocycles. The van der Waals surface area contributed by atoms with Gasteiger partial charge in [-0.3, -0.25) is 14.9 Å². The first-order valence-corrected chi connectivity index (χ1v) is 8.28. The Labute approximate surface area is 156 Å². The Balaban J connectivity index is 2.00. The van der Waals surface area contributed by atoms with Crippen molar-refractivity contribution in [3.63, 3.8) is 0 Å². The largest absolute Gasteiger partial charge is 0.872 e. The van der Waals surface area contributed by atoms with E-state index in [-0.39, 0.29) is 23.8 Å². The molecule has 2 aromatic rings. The molecule has 142 valence electrons. The fourth-order valence-electron chi connectivity index (χ4n) is 2.40. The Morgan fingerprint density at radius 3 is 2.70 bits per heavy atom. The van der Waals surface area contributed by atoms with E-state index < -0.39 is 16.6 Å². The quantitative estimate of drug-likeness (QED) is 0.457. The smallest absolute Gasteiger partial charge is 0.278 e. The predicted octanol–water partition coefficient (Wildman–Crippen LogP) is 2.63. The predicted molar refractivity (Wildman–Crippen MR) is 99.0 cm³/mol. The van der Waals surface area contributed by atoms with E-state index in [1.54, 1.807) is 0 Å². The molecule has 0 unspecified atom stereocenters. The van der Waals surface area contributed by atoms with Crippen LogP contribution >= 0.6 is 0 Å². The fraction of sp³-hybridized carbons (Fsp3) is 0.263. The molecule has 2 rings (SSSR count). The Bertz CT molecular complexity index is 878. The Morgan fingerprint density at radius 2 is 2.04 bits per heavy atom. The Morgan fingerprint density at radius 1 is 1.30 bits per heavy atom. The second kappa shape index (κ2) is 8.79. The van der Waals surface area contributed by atoms with E-state index in [9.17, 15) is 20.0 Å². The summed E-state index contributed by atoms with van der Waals surface area (Å²) in [6, 6.07) is 9.06. The highest BCUT2D eigenvalue weighted by molar-refractivity contribution is 5.87. The molecule has 0 bridgehead atoms. The van der Waals surface area contributed by atoms with Gasteiger partial charge >= 0.3 is 0 Å². The summed E-state index contributed by atoms with van der Waals surface area (Å²) in [4.78, 5) is 22.2. The number of nitrogens with one attached hydrogen (secondary N) is 1. The summed E-state index contributed by atoms with van der Waals surface area (Å²) < 4.78 is 5.58. The maximum atomic E-state index is 11.9. The van der Waals surface area contributed by atoms with Gasteiger partial charge in [-0.25, -0.2) is 5.43 Å². The zero-order valence-corrected chi connectivity index (χ0v) is 15.3. The Kier molecular flexibility index (Phi) is 6.48. The maximum absolute atomic E-state index is 11.9. The van der Waals surface area contributed by atoms with Gasteiger partial charge in [-0.1, -0.05) is 38.1 Å². The van der Waals surface area contributed by atoms with E-state index in [2.05, 4.69) is 10.5 Å². The highest BCUT2D eigenvalue weighted by Crippen LogP contribution is 2.27. The second-order valence-corrected chi connectivity index (χ2v) is 6.26. The van der Waals surface area contributed by atoms with Gasteiger partial charge in [-0.15, -0.1) is 5.75 Å². The molecular formula is C19H20N3O5-. The van der Waals surface area contributed by atoms with Crippen molar-refractivity contribution in [2.75, 3.05) is 6.61 Å². The minimum Gasteiger partial charge on any atom is -0.872 e. The number of amides is 1. The molecule has 0 fully saturated rings. The number of carbonyl (C=O) groups is 1. The van der Waals surface area contributed by atoms with Gasteiger partial charge in [0.25, 0.3) is 11.6 Å². The van der Waals surface area contributed by atoms with Crippen LogP contribution in [0.3, 0.4) is 0 Å². The number of rotatable bonds is 7. The number of hydrogen-bond donors (Lipinski definition) is 1. The summed E-state index contributed by atoms with van der Waals surface area (Å²) >= 11 is 0. The number of carbonyl (C=O) groups excluding carboxylic acids is 1. The van der Waals surface area contributed by atoms with Gasteiger partial charge in [0.15, 0.2) is 6.61 Å². The second-order valence-electron chi connectivity index (χ2n) is 6.26. The van der Waals surface area contributed by atoms with Crippen LogP contribution in [0, 0.1) is 17.0 Å². The minimum absolute atomic E-state index is 0.00879. The number of ether oxygens (including phenoxy) is 1. The summed E-state index contributed by atoms with van der Waals surface area (Å²) in [6.45, 7) is 5.72. The molecule has 1 amide bonds. The summed E-state index contributed by atoms with van der Waals surface area (Å²) in [5.74, 6) is -0.0545. The standard InChI is InChI=1S/C19H21N3O5/c1-12(2)16-6-4-13(3)8-18(16)27-11-19(24)21-20-10-14-9-15(23)5-7-17(14)22(25)26/h4-10,12,23H,11H2,1-3H3,(H,21,24)/p-1/b20-10+. The number of nitro groups is 1. The molecular weight excluding hydrogens is 350 g/mol. The summed E-state index contributed by atoms with van der Waals surface area (Å²) in [6.07, 6.45) is 1.06. The van der Waals surface area contributed by atoms with Crippen molar-refractivity contribution >= 4 is 17.8 Å². The topological polar surface area (TPSA) is 117 Å². The average molecular weight is 370 g/mol. The van der Waals surface area contributed by atoms with Crippen molar-refractivity contribution in [2.45, 2.75) is 26.7 Å². The van der Waals surface area contributed by atoms with Gasteiger partial charge in [0.2, 0.25) is 0 Å². The lowest BCUT2D eigenvalue weighted by Gasteiger charge is -2.14. The van der Waals surface area contributed by atoms with Gasteiger partial charge in [0.05, 0.1) is 16.7 Å². The molecule has 0 heterocycles. The number of nitro benzene ring substituents is 1. The molecule has 1 N–H and O–H groups in total. The van der Waals surface area contributed by atoms with Crippen LogP contribution in [0.1, 0.15) is 36.5 Å². The van der Waals surface area contributed by atoms with Crippen LogP contribution in [0.2, 0.25) is 0 Å². The van der Waals surface area contributed by atoms with Gasteiger partial charge in [0, 0.05) is 6.07 Å². The van der Waals surface area contributed by atoms with Gasteiger partial charge in [-0.2, -0.15) is 5.10 Å². The molecule has 0 aliphatic heterocycles. The van der Waals surface area contributed by atoms with Crippen molar-refractivity contribution in [3.05, 3.63) is 63.2 Å². The fourth-order valence-corrected chi connectivity index (χ4v) is 2.40. The van der Waals surface area contributed by atoms with Crippen LogP contribution in [-0.2, 0) is 4.79 Å². The van der Waals surface area contributed by atoms with E-state index in [0.29, 0.717) is 5.75 Å². The number of hydrogen-bond acceptors (Lipinski definition) is 6. The van der Waals surface area contributed by atoms with Crippen molar-refractivity contribution in [1.82, 2.24) is 5.43 Å². The lowest BCUT2D eigenvalue weighted by Crippen LogP contribution is -2.25. The van der Waals surface area contributed by atoms with Crippen LogP contribution < -0.4 is 15.3 Å². The van der Waals surface area contributed by atoms with Crippen LogP contribution in [-0.4, -0.2) is 23.7 Å². The van der Waals surface area contributed by atoms with Gasteiger partial charge in [0.1, 0.15) is 5.75 Å². The molecule has 0 aliphatic rings. The van der Waals surface area contributed by atoms with Crippen molar-refractivity contribution in [3.8, 4) is 11.5 Å². The molecule has 0 atom stereocenters. The number of aryl methyl sites for hydroxylation is 1. The summed E-state index contributed by atoms with van der Waals surface area (Å²) in [5.41, 5.74) is 3.96. The molecule has 0 radical (unpaired) electrons. The number of nitrogens with zero attached hydrogens (tertiary/aromatic N) is 2. The highest BCUT2D eigenvalue weighted by Gasteiger charge is 2.12. The van der Waals surface area contributed by atoms with Crippen molar-refractivity contribution in [2.24, 2.45) is 5.10 Å². The molecule has 0 saturated carbocycles. The van der Waals surface area contributed by atoms with Gasteiger partial charge in [-0.05, 0) is 30.0 Å². The van der Waals surface area contributed by atoms with E-state index in [4.69, 9.17) is 4.74 Å². The summed E-state index contributed by atoms with van der Waals surface area (Å²) in [7, 11) is 0. The van der Waals surface area contributed by atoms with Crippen molar-refractivity contribution < 1.29 is 19.6 Å². The van der Waals surface area contributed by atoms with Crippen LogP contribution in [0.25, 0.3) is 0 Å². The Hall–Kier alpha value is -3.42. The van der Waals surface area contributed by atoms with E-state index in [1.165, 1.54) is 0 Å². The number of hydrazone groups is 1. The molecule has 27 heavy (non-hydrogen) atoms. The maximum Gasteiger partial charge on any atom is 0.278 e. The molecule has 0 aliphatic carbocycles. The first-order chi connectivity index (χ1) is 12.8. The summed E-state index contributed by atoms with van der Waals surface area (Å²) in [5, 5.41) is 25.9. The monoisotopic (exact) mass is 370 g/mol. The van der Waals surface area contributed by atoms with Crippen molar-refractivity contribution in [1.29, 1.82) is 0 Å². The average Bonchev–Trinajstić information content (AvgIpc) is 2.59. The molecule has 0 spiro atoms. The third-order valence-electron chi connectivity index (χ3n) is 3.74. The highest BCUT2D eigenvalue weighted by atomic mass is 16.6. The number of benzene rings is 2. The SMILES string of the molecule is Cc1ccc(C(C)C)c(OCC(=O)N/N=C/c2cc([O-])ccc2[N+](=O)[O-])c1. The van der Waals surface area contributed by atoms with E-state index >= 15 is 0 Å². The first-order valence-electron chi connectivity index (χ1n) is 8.28. The van der Waals surface area contributed by atoms with Crippen LogP contribution in [0.5, 0.6) is 11.5 Å². The molecule has 8 heteroatoms. The molecule has 8 nitrogen and oxygen atoms in total. The van der Waals surface area contributed by atoms with E-state index in [0.717, 1.165) is 35.5 Å². The van der Waals surface area contributed by atoms with E-state index in [1.807, 2.05) is 39.0 Å². The van der Waals surface area contributed by atoms with Crippen LogP contribution in [0.15, 0.2) is 41.5 Å². The first kappa shape index (κ1) is 19.9. The third kappa shape index (κ3) is 5.53. The van der Waals surface area contributed by atoms with Crippen LogP contribution in [0.4, 0.5) is 5.69 Å². The minimum atomic E-state index is -0.628. The lowest BCUT2D eigenvalue weighted by molar-refractivity contribution is -0.385. The third-order valence-corrected chi connectivity index (χ3v) is 3.74. The normalized spacial score (nSPS) is 11.0.